The van der Waals surface area contributed by atoms with E-state index in [1.165, 1.54) is 10.5 Å². The zero-order valence-electron chi connectivity index (χ0n) is 20.2. The Balaban J connectivity index is 1.44. The van der Waals surface area contributed by atoms with Gasteiger partial charge in [-0.15, -0.1) is 5.10 Å². The number of aryl methyl sites for hydroxylation is 2. The summed E-state index contributed by atoms with van der Waals surface area (Å²) in [6, 6.07) is 14.3. The lowest BCUT2D eigenvalue weighted by molar-refractivity contribution is -0.0431. The summed E-state index contributed by atoms with van der Waals surface area (Å²) in [6.45, 7) is 1.95. The molecule has 188 valence electrons. The fourth-order valence-corrected chi connectivity index (χ4v) is 6.03. The molecule has 0 bridgehead atoms. The molecule has 0 amide bonds. The van der Waals surface area contributed by atoms with Gasteiger partial charge in [-0.1, -0.05) is 35.5 Å². The first kappa shape index (κ1) is 24.3. The van der Waals surface area contributed by atoms with Crippen molar-refractivity contribution in [2.24, 2.45) is 7.05 Å². The minimum absolute atomic E-state index is 0.00811. The van der Waals surface area contributed by atoms with Crippen LogP contribution < -0.4 is 0 Å². The molecule has 10 nitrogen and oxygen atoms in total. The number of benzene rings is 2. The summed E-state index contributed by atoms with van der Waals surface area (Å²) >= 11 is 0. The van der Waals surface area contributed by atoms with Gasteiger partial charge in [0.25, 0.3) is 0 Å². The summed E-state index contributed by atoms with van der Waals surface area (Å²) in [5, 5.41) is 32.7. The highest BCUT2D eigenvalue weighted by Crippen LogP contribution is 2.55. The van der Waals surface area contributed by atoms with Gasteiger partial charge < -0.3 is 10.2 Å². The number of hydrogen-bond acceptors (Lipinski definition) is 7. The van der Waals surface area contributed by atoms with Crippen LogP contribution in [0.2, 0.25) is 0 Å². The van der Waals surface area contributed by atoms with Crippen LogP contribution >= 0.6 is 0 Å². The van der Waals surface area contributed by atoms with E-state index in [9.17, 15) is 18.6 Å². The van der Waals surface area contributed by atoms with E-state index in [0.717, 1.165) is 17.7 Å². The van der Waals surface area contributed by atoms with E-state index in [2.05, 4.69) is 15.4 Å². The van der Waals surface area contributed by atoms with Crippen molar-refractivity contribution < 1.29 is 18.6 Å². The van der Waals surface area contributed by atoms with Gasteiger partial charge in [0.05, 0.1) is 28.2 Å². The largest absolute Gasteiger partial charge is 0.364 e. The Labute approximate surface area is 209 Å². The minimum atomic E-state index is -3.67. The predicted molar refractivity (Wildman–Crippen MR) is 132 cm³/mol. The van der Waals surface area contributed by atoms with Crippen molar-refractivity contribution in [1.82, 2.24) is 29.1 Å². The summed E-state index contributed by atoms with van der Waals surface area (Å²) in [4.78, 5) is 0.281. The van der Waals surface area contributed by atoms with Crippen molar-refractivity contribution in [3.63, 3.8) is 0 Å². The summed E-state index contributed by atoms with van der Waals surface area (Å²) in [5.74, 6) is 0.119. The second-order valence-electron chi connectivity index (χ2n) is 9.23. The predicted octanol–water partition coefficient (Wildman–Crippen LogP) is 2.38. The molecular formula is C25H28N6O4S. The normalized spacial score (nSPS) is 17.8. The Hall–Kier alpha value is -3.38. The van der Waals surface area contributed by atoms with Gasteiger partial charge in [0.15, 0.2) is 6.29 Å². The highest BCUT2D eigenvalue weighted by atomic mass is 32.2. The Morgan fingerprint density at radius 3 is 2.61 bits per heavy atom. The molecule has 0 radical (unpaired) electrons. The van der Waals surface area contributed by atoms with E-state index < -0.39 is 16.3 Å². The zero-order valence-corrected chi connectivity index (χ0v) is 21.0. The molecule has 0 aliphatic heterocycles. The summed E-state index contributed by atoms with van der Waals surface area (Å²) in [6.07, 6.45) is 2.46. The minimum Gasteiger partial charge on any atom is -0.364 e. The zero-order chi connectivity index (χ0) is 25.6. The molecule has 36 heavy (non-hydrogen) atoms. The van der Waals surface area contributed by atoms with Gasteiger partial charge in [0, 0.05) is 44.2 Å². The molecule has 1 aliphatic rings. The van der Waals surface area contributed by atoms with Gasteiger partial charge in [0.1, 0.15) is 0 Å². The van der Waals surface area contributed by atoms with Crippen LogP contribution in [0.1, 0.15) is 52.6 Å². The number of aliphatic hydroxyl groups excluding tert-OH is 1. The SMILES string of the molecule is Cc1ccccc1S(=O)(=O)N(C)Cc1cccc(-n2ncc(C(O)O)c2[C@@H]2C[C@H]2c2cn(C)nn2)c1. The molecule has 5 rings (SSSR count). The molecule has 4 aromatic rings. The summed E-state index contributed by atoms with van der Waals surface area (Å²) in [7, 11) is -0.302. The molecule has 0 saturated heterocycles. The Bertz CT molecular complexity index is 1510. The van der Waals surface area contributed by atoms with Gasteiger partial charge in [-0.05, 0) is 42.7 Å². The number of rotatable bonds is 8. The fourth-order valence-electron chi connectivity index (χ4n) is 4.65. The summed E-state index contributed by atoms with van der Waals surface area (Å²) in [5.41, 5.74) is 4.08. The Morgan fingerprint density at radius 1 is 1.14 bits per heavy atom. The molecule has 1 aliphatic carbocycles. The second-order valence-corrected chi connectivity index (χ2v) is 11.2. The second kappa shape index (κ2) is 9.25. The standard InChI is InChI=1S/C25H28N6O4S/c1-16-7-4-5-10-23(16)36(34,35)30(3)14-17-8-6-9-18(11-17)31-24(21(13-26-31)25(32)33)20-12-19(20)22-15-29(2)28-27-22/h4-11,13,15,19-20,25,32-33H,12,14H2,1-3H3/t19-,20-/m1/s1. The highest BCUT2D eigenvalue weighted by molar-refractivity contribution is 7.89. The van der Waals surface area contributed by atoms with Crippen LogP contribution in [0.3, 0.4) is 0 Å². The van der Waals surface area contributed by atoms with E-state index in [4.69, 9.17) is 0 Å². The fraction of sp³-hybridized carbons (Fsp3) is 0.320. The lowest BCUT2D eigenvalue weighted by Crippen LogP contribution is -2.27. The van der Waals surface area contributed by atoms with E-state index in [1.807, 2.05) is 43.6 Å². The highest BCUT2D eigenvalue weighted by Gasteiger charge is 2.45. The number of aliphatic hydroxyl groups is 2. The number of sulfonamides is 1. The van der Waals surface area contributed by atoms with E-state index in [-0.39, 0.29) is 23.3 Å². The third-order valence-corrected chi connectivity index (χ3v) is 8.56. The van der Waals surface area contributed by atoms with Crippen molar-refractivity contribution in [3.8, 4) is 5.69 Å². The molecule has 1 fully saturated rings. The molecule has 2 heterocycles. The monoisotopic (exact) mass is 508 g/mol. The smallest absolute Gasteiger partial charge is 0.243 e. The quantitative estimate of drug-likeness (QED) is 0.350. The summed E-state index contributed by atoms with van der Waals surface area (Å²) < 4.78 is 31.0. The topological polar surface area (TPSA) is 126 Å². The van der Waals surface area contributed by atoms with Gasteiger partial charge in [0.2, 0.25) is 10.0 Å². The van der Waals surface area contributed by atoms with Crippen LogP contribution in [0.5, 0.6) is 0 Å². The number of aromatic nitrogens is 5. The van der Waals surface area contributed by atoms with Crippen LogP contribution in [-0.2, 0) is 23.6 Å². The Kier molecular flexibility index (Phi) is 6.25. The molecule has 2 atom stereocenters. The van der Waals surface area contributed by atoms with E-state index in [0.29, 0.717) is 22.5 Å². The Morgan fingerprint density at radius 2 is 1.92 bits per heavy atom. The average molecular weight is 509 g/mol. The van der Waals surface area contributed by atoms with Crippen LogP contribution in [0.15, 0.2) is 65.8 Å². The van der Waals surface area contributed by atoms with Gasteiger partial charge in [-0.3, -0.25) is 4.68 Å². The van der Waals surface area contributed by atoms with Crippen molar-refractivity contribution >= 4 is 10.0 Å². The van der Waals surface area contributed by atoms with Gasteiger partial charge in [-0.2, -0.15) is 9.40 Å². The van der Waals surface area contributed by atoms with Crippen molar-refractivity contribution in [2.75, 3.05) is 7.05 Å². The third-order valence-electron chi connectivity index (χ3n) is 6.60. The third kappa shape index (κ3) is 4.46. The molecule has 0 spiro atoms. The van der Waals surface area contributed by atoms with Crippen LogP contribution in [0.4, 0.5) is 0 Å². The van der Waals surface area contributed by atoms with Crippen molar-refractivity contribution in [1.29, 1.82) is 0 Å². The first-order valence-electron chi connectivity index (χ1n) is 11.6. The molecule has 0 unspecified atom stereocenters. The lowest BCUT2D eigenvalue weighted by atomic mass is 10.1. The number of nitrogens with zero attached hydrogens (tertiary/aromatic N) is 6. The van der Waals surface area contributed by atoms with Crippen LogP contribution in [0, 0.1) is 6.92 Å². The maximum atomic E-state index is 13.2. The molecule has 1 saturated carbocycles. The van der Waals surface area contributed by atoms with Gasteiger partial charge in [-0.25, -0.2) is 13.1 Å². The molecule has 2 N–H and O–H groups in total. The first-order valence-corrected chi connectivity index (χ1v) is 13.0. The average Bonchev–Trinajstić information content (AvgIpc) is 3.28. The van der Waals surface area contributed by atoms with Crippen molar-refractivity contribution in [3.05, 3.63) is 89.0 Å². The maximum Gasteiger partial charge on any atom is 0.243 e. The maximum absolute atomic E-state index is 13.2. The molecule has 11 heteroatoms. The van der Waals surface area contributed by atoms with Crippen LogP contribution in [-0.4, -0.2) is 54.8 Å². The number of hydrogen-bond donors (Lipinski definition) is 2. The van der Waals surface area contributed by atoms with E-state index >= 15 is 0 Å². The molecule has 2 aromatic carbocycles. The van der Waals surface area contributed by atoms with Crippen LogP contribution in [0.25, 0.3) is 5.69 Å². The van der Waals surface area contributed by atoms with E-state index in [1.54, 1.807) is 41.5 Å². The molecular weight excluding hydrogens is 480 g/mol. The van der Waals surface area contributed by atoms with Gasteiger partial charge >= 0.3 is 0 Å². The lowest BCUT2D eigenvalue weighted by Gasteiger charge is -2.19. The van der Waals surface area contributed by atoms with Crippen molar-refractivity contribution in [2.45, 2.75) is 42.9 Å². The molecule has 2 aromatic heterocycles. The first-order chi connectivity index (χ1) is 17.2.